The van der Waals surface area contributed by atoms with Gasteiger partial charge >= 0.3 is 0 Å². The van der Waals surface area contributed by atoms with Gasteiger partial charge in [0.05, 0.1) is 12.1 Å². The number of rotatable bonds is 3. The van der Waals surface area contributed by atoms with E-state index in [4.69, 9.17) is 5.11 Å². The Hall–Kier alpha value is -1.03. The Balaban J connectivity index is 2.08. The molecule has 1 heterocycles. The molecule has 0 amide bonds. The first kappa shape index (κ1) is 7.61. The largest absolute Gasteiger partial charge is 0.394 e. The van der Waals surface area contributed by atoms with Gasteiger partial charge in [0.1, 0.15) is 0 Å². The molecule has 0 bridgehead atoms. The third-order valence-corrected chi connectivity index (χ3v) is 2.35. The first-order valence-corrected chi connectivity index (χ1v) is 4.12. The summed E-state index contributed by atoms with van der Waals surface area (Å²) in [6.45, 7) is 0.194. The predicted molar refractivity (Wildman–Crippen MR) is 45.9 cm³/mol. The highest BCUT2D eigenvalue weighted by molar-refractivity contribution is 5.34. The van der Waals surface area contributed by atoms with Gasteiger partial charge in [-0.25, -0.2) is 4.98 Å². The summed E-state index contributed by atoms with van der Waals surface area (Å²) >= 11 is 0. The van der Waals surface area contributed by atoms with Crippen molar-refractivity contribution in [3.63, 3.8) is 0 Å². The Morgan fingerprint density at radius 2 is 2.50 bits per heavy atom. The third kappa shape index (κ3) is 1.18. The van der Waals surface area contributed by atoms with Crippen LogP contribution in [0, 0.1) is 0 Å². The maximum atomic E-state index is 9.05. The number of aliphatic hydroxyl groups is 1. The van der Waals surface area contributed by atoms with Gasteiger partial charge in [-0.3, -0.25) is 0 Å². The molecule has 66 valence electrons. The Bertz CT molecular complexity index is 278. The van der Waals surface area contributed by atoms with Gasteiger partial charge in [-0.1, -0.05) is 0 Å². The zero-order chi connectivity index (χ0) is 8.60. The van der Waals surface area contributed by atoms with Gasteiger partial charge < -0.3 is 15.0 Å². The van der Waals surface area contributed by atoms with Crippen molar-refractivity contribution in [2.24, 2.45) is 7.05 Å². The van der Waals surface area contributed by atoms with Gasteiger partial charge in [-0.2, -0.15) is 0 Å². The molecule has 2 rings (SSSR count). The lowest BCUT2D eigenvalue weighted by atomic mass is 10.3. The summed E-state index contributed by atoms with van der Waals surface area (Å²) in [6, 6.07) is 0. The van der Waals surface area contributed by atoms with Crippen LogP contribution in [-0.2, 0) is 7.05 Å². The van der Waals surface area contributed by atoms with Crippen molar-refractivity contribution < 1.29 is 5.11 Å². The van der Waals surface area contributed by atoms with E-state index in [9.17, 15) is 0 Å². The van der Waals surface area contributed by atoms with Gasteiger partial charge in [0.15, 0.2) is 0 Å². The SMILES string of the molecule is Cn1ccnc1NC1(CO)CC1. The molecule has 0 spiro atoms. The van der Waals surface area contributed by atoms with Crippen LogP contribution in [0.25, 0.3) is 0 Å². The highest BCUT2D eigenvalue weighted by Crippen LogP contribution is 2.37. The average molecular weight is 167 g/mol. The molecule has 0 atom stereocenters. The van der Waals surface area contributed by atoms with Gasteiger partial charge in [0.25, 0.3) is 0 Å². The Labute approximate surface area is 71.2 Å². The molecule has 0 aromatic carbocycles. The summed E-state index contributed by atoms with van der Waals surface area (Å²) in [5, 5.41) is 12.3. The normalized spacial score (nSPS) is 19.2. The number of aryl methyl sites for hydroxylation is 1. The van der Waals surface area contributed by atoms with Crippen molar-refractivity contribution in [2.75, 3.05) is 11.9 Å². The maximum Gasteiger partial charge on any atom is 0.203 e. The molecule has 0 unspecified atom stereocenters. The zero-order valence-corrected chi connectivity index (χ0v) is 7.12. The minimum absolute atomic E-state index is 0.0703. The first-order chi connectivity index (χ1) is 5.76. The van der Waals surface area contributed by atoms with Crippen LogP contribution < -0.4 is 5.32 Å². The molecule has 1 saturated carbocycles. The molecule has 1 aliphatic carbocycles. The molecule has 12 heavy (non-hydrogen) atoms. The summed E-state index contributed by atoms with van der Waals surface area (Å²) in [4.78, 5) is 4.13. The van der Waals surface area contributed by atoms with Crippen molar-refractivity contribution in [2.45, 2.75) is 18.4 Å². The number of aromatic nitrogens is 2. The van der Waals surface area contributed by atoms with Crippen LogP contribution in [0.4, 0.5) is 5.95 Å². The molecular formula is C8H13N3O. The minimum atomic E-state index is -0.0703. The van der Waals surface area contributed by atoms with Crippen molar-refractivity contribution in [3.05, 3.63) is 12.4 Å². The quantitative estimate of drug-likeness (QED) is 0.683. The molecule has 4 nitrogen and oxygen atoms in total. The van der Waals surface area contributed by atoms with E-state index in [1.807, 2.05) is 17.8 Å². The van der Waals surface area contributed by atoms with Gasteiger partial charge in [-0.05, 0) is 12.8 Å². The molecule has 1 aromatic rings. The highest BCUT2D eigenvalue weighted by atomic mass is 16.3. The smallest absolute Gasteiger partial charge is 0.203 e. The number of anilines is 1. The van der Waals surface area contributed by atoms with E-state index < -0.39 is 0 Å². The fraction of sp³-hybridized carbons (Fsp3) is 0.625. The van der Waals surface area contributed by atoms with Crippen LogP contribution >= 0.6 is 0 Å². The van der Waals surface area contributed by atoms with E-state index in [-0.39, 0.29) is 12.1 Å². The predicted octanol–water partition coefficient (Wildman–Crippen LogP) is 0.357. The monoisotopic (exact) mass is 167 g/mol. The van der Waals surface area contributed by atoms with E-state index in [0.717, 1.165) is 18.8 Å². The fourth-order valence-electron chi connectivity index (χ4n) is 1.20. The summed E-state index contributed by atoms with van der Waals surface area (Å²) in [7, 11) is 1.93. The van der Waals surface area contributed by atoms with Crippen LogP contribution in [0.15, 0.2) is 12.4 Å². The van der Waals surface area contributed by atoms with Crippen LogP contribution in [-0.4, -0.2) is 26.8 Å². The molecule has 2 N–H and O–H groups in total. The van der Waals surface area contributed by atoms with Gasteiger partial charge in [0, 0.05) is 19.4 Å². The number of hydrogen-bond acceptors (Lipinski definition) is 3. The molecule has 1 fully saturated rings. The zero-order valence-electron chi connectivity index (χ0n) is 7.12. The number of nitrogens with zero attached hydrogens (tertiary/aromatic N) is 2. The second-order valence-corrected chi connectivity index (χ2v) is 3.43. The molecular weight excluding hydrogens is 154 g/mol. The Kier molecular flexibility index (Phi) is 1.58. The van der Waals surface area contributed by atoms with Gasteiger partial charge in [-0.15, -0.1) is 0 Å². The van der Waals surface area contributed by atoms with Gasteiger partial charge in [0.2, 0.25) is 5.95 Å². The highest BCUT2D eigenvalue weighted by Gasteiger charge is 2.42. The van der Waals surface area contributed by atoms with Crippen molar-refractivity contribution >= 4 is 5.95 Å². The van der Waals surface area contributed by atoms with E-state index in [2.05, 4.69) is 10.3 Å². The average Bonchev–Trinajstić information content (AvgIpc) is 2.74. The molecule has 0 saturated heterocycles. The van der Waals surface area contributed by atoms with E-state index >= 15 is 0 Å². The van der Waals surface area contributed by atoms with Crippen LogP contribution in [0.3, 0.4) is 0 Å². The Morgan fingerprint density at radius 1 is 1.75 bits per heavy atom. The summed E-state index contributed by atoms with van der Waals surface area (Å²) < 4.78 is 1.91. The third-order valence-electron chi connectivity index (χ3n) is 2.35. The standard InChI is InChI=1S/C8H13N3O/c1-11-5-4-9-7(11)10-8(6-12)2-3-8/h4-5,12H,2-3,6H2,1H3,(H,9,10). The number of imidazole rings is 1. The summed E-state index contributed by atoms with van der Waals surface area (Å²) in [6.07, 6.45) is 5.71. The molecule has 0 radical (unpaired) electrons. The van der Waals surface area contributed by atoms with Crippen LogP contribution in [0.5, 0.6) is 0 Å². The number of hydrogen-bond donors (Lipinski definition) is 2. The second kappa shape index (κ2) is 2.48. The first-order valence-electron chi connectivity index (χ1n) is 4.12. The number of aliphatic hydroxyl groups excluding tert-OH is 1. The summed E-state index contributed by atoms with van der Waals surface area (Å²) in [5.41, 5.74) is -0.0703. The van der Waals surface area contributed by atoms with Crippen LogP contribution in [0.2, 0.25) is 0 Å². The lowest BCUT2D eigenvalue weighted by Crippen LogP contribution is -2.27. The fourth-order valence-corrected chi connectivity index (χ4v) is 1.20. The second-order valence-electron chi connectivity index (χ2n) is 3.43. The van der Waals surface area contributed by atoms with E-state index in [0.29, 0.717) is 0 Å². The lowest BCUT2D eigenvalue weighted by molar-refractivity contribution is 0.265. The van der Waals surface area contributed by atoms with E-state index in [1.54, 1.807) is 6.20 Å². The molecule has 1 aromatic heterocycles. The van der Waals surface area contributed by atoms with Crippen molar-refractivity contribution in [1.29, 1.82) is 0 Å². The maximum absolute atomic E-state index is 9.05. The number of nitrogens with one attached hydrogen (secondary N) is 1. The minimum Gasteiger partial charge on any atom is -0.394 e. The summed E-state index contributed by atoms with van der Waals surface area (Å²) in [5.74, 6) is 0.835. The molecule has 0 aliphatic heterocycles. The molecule has 1 aliphatic rings. The van der Waals surface area contributed by atoms with Crippen molar-refractivity contribution in [3.8, 4) is 0 Å². The van der Waals surface area contributed by atoms with Crippen LogP contribution in [0.1, 0.15) is 12.8 Å². The Morgan fingerprint density at radius 3 is 2.92 bits per heavy atom. The van der Waals surface area contributed by atoms with Crippen molar-refractivity contribution in [1.82, 2.24) is 9.55 Å². The van der Waals surface area contributed by atoms with E-state index in [1.165, 1.54) is 0 Å². The topological polar surface area (TPSA) is 50.1 Å². The lowest BCUT2D eigenvalue weighted by Gasteiger charge is -2.14. The molecule has 4 heteroatoms.